The quantitative estimate of drug-likeness (QED) is 0.230. The summed E-state index contributed by atoms with van der Waals surface area (Å²) in [5, 5.41) is 4.29. The number of rotatable bonds is 13. The third-order valence-electron chi connectivity index (χ3n) is 4.73. The van der Waals surface area contributed by atoms with Crippen LogP contribution < -0.4 is 5.43 Å². The fraction of sp³-hybridized carbons (Fsp3) is 0.458. The van der Waals surface area contributed by atoms with Crippen molar-refractivity contribution in [3.8, 4) is 0 Å². The van der Waals surface area contributed by atoms with Crippen LogP contribution in [0.1, 0.15) is 75.8 Å². The van der Waals surface area contributed by atoms with E-state index in [0.29, 0.717) is 0 Å². The minimum Gasteiger partial charge on any atom is -0.279 e. The van der Waals surface area contributed by atoms with E-state index in [1.165, 1.54) is 69.8 Å². The molecule has 0 aliphatic heterocycles. The number of anilines is 1. The summed E-state index contributed by atoms with van der Waals surface area (Å²) in [5.74, 6) is 0. The molecule has 0 aliphatic rings. The predicted molar refractivity (Wildman–Crippen MR) is 115 cm³/mol. The van der Waals surface area contributed by atoms with E-state index in [9.17, 15) is 0 Å². The Kier molecular flexibility index (Phi) is 10.2. The van der Waals surface area contributed by atoms with E-state index in [1.54, 1.807) is 0 Å². The van der Waals surface area contributed by atoms with Crippen LogP contribution in [0.2, 0.25) is 0 Å². The van der Waals surface area contributed by atoms with Crippen molar-refractivity contribution in [1.82, 2.24) is 0 Å². The Morgan fingerprint density at radius 2 is 1.35 bits per heavy atom. The molecule has 2 aromatic carbocycles. The highest BCUT2D eigenvalue weighted by atomic mass is 15.3. The standard InChI is InChI=1S/C24H34N2/c1-2-3-4-5-6-7-8-9-11-14-22-17-19-23(20-18-22)21-25-26-24-15-12-10-13-16-24/h10,12-13,15-21,26H,2-9,11,14H2,1H3/b25-21-. The number of hydrazone groups is 1. The first-order chi connectivity index (χ1) is 12.9. The monoisotopic (exact) mass is 350 g/mol. The molecular weight excluding hydrogens is 316 g/mol. The molecule has 0 spiro atoms. The van der Waals surface area contributed by atoms with Gasteiger partial charge in [-0.1, -0.05) is 101 Å². The second kappa shape index (κ2) is 13.2. The third-order valence-corrected chi connectivity index (χ3v) is 4.73. The van der Waals surface area contributed by atoms with E-state index >= 15 is 0 Å². The molecule has 0 aliphatic carbocycles. The summed E-state index contributed by atoms with van der Waals surface area (Å²) in [6, 6.07) is 18.8. The Morgan fingerprint density at radius 1 is 0.731 bits per heavy atom. The predicted octanol–water partition coefficient (Wildman–Crippen LogP) is 7.21. The van der Waals surface area contributed by atoms with Gasteiger partial charge >= 0.3 is 0 Å². The summed E-state index contributed by atoms with van der Waals surface area (Å²) < 4.78 is 0. The van der Waals surface area contributed by atoms with Gasteiger partial charge < -0.3 is 0 Å². The molecule has 26 heavy (non-hydrogen) atoms. The number of benzene rings is 2. The Labute approximate surface area is 159 Å². The molecule has 2 aromatic rings. The number of hydrogen-bond acceptors (Lipinski definition) is 2. The summed E-state index contributed by atoms with van der Waals surface area (Å²) in [6.45, 7) is 2.28. The summed E-state index contributed by atoms with van der Waals surface area (Å²) >= 11 is 0. The van der Waals surface area contributed by atoms with Crippen LogP contribution in [0.5, 0.6) is 0 Å². The molecule has 0 bridgehead atoms. The van der Waals surface area contributed by atoms with Crippen molar-refractivity contribution < 1.29 is 0 Å². The van der Waals surface area contributed by atoms with E-state index in [-0.39, 0.29) is 0 Å². The van der Waals surface area contributed by atoms with Gasteiger partial charge in [0.1, 0.15) is 0 Å². The van der Waals surface area contributed by atoms with Crippen molar-refractivity contribution in [1.29, 1.82) is 0 Å². The summed E-state index contributed by atoms with van der Waals surface area (Å²) in [4.78, 5) is 0. The second-order valence-corrected chi connectivity index (χ2v) is 7.06. The van der Waals surface area contributed by atoms with Gasteiger partial charge in [-0.3, -0.25) is 5.43 Å². The summed E-state index contributed by atoms with van der Waals surface area (Å²) in [6.07, 6.45) is 15.5. The first kappa shape index (κ1) is 20.2. The first-order valence-corrected chi connectivity index (χ1v) is 10.3. The molecular formula is C24H34N2. The van der Waals surface area contributed by atoms with Crippen molar-refractivity contribution >= 4 is 11.9 Å². The van der Waals surface area contributed by atoms with Gasteiger partial charge in [0.05, 0.1) is 11.9 Å². The number of nitrogens with one attached hydrogen (secondary N) is 1. The summed E-state index contributed by atoms with van der Waals surface area (Å²) in [5.41, 5.74) is 6.61. The molecule has 0 fully saturated rings. The number of hydrogen-bond donors (Lipinski definition) is 1. The third kappa shape index (κ3) is 8.84. The molecule has 0 radical (unpaired) electrons. The lowest BCUT2D eigenvalue weighted by Crippen LogP contribution is -1.91. The van der Waals surface area contributed by atoms with Gasteiger partial charge in [0.25, 0.3) is 0 Å². The molecule has 140 valence electrons. The van der Waals surface area contributed by atoms with Gasteiger partial charge in [-0.15, -0.1) is 0 Å². The van der Waals surface area contributed by atoms with Crippen molar-refractivity contribution in [3.05, 3.63) is 65.7 Å². The van der Waals surface area contributed by atoms with Gasteiger partial charge in [0, 0.05) is 0 Å². The Morgan fingerprint density at radius 3 is 2.00 bits per heavy atom. The highest BCUT2D eigenvalue weighted by molar-refractivity contribution is 5.80. The first-order valence-electron chi connectivity index (χ1n) is 10.3. The zero-order valence-electron chi connectivity index (χ0n) is 16.3. The van der Waals surface area contributed by atoms with Gasteiger partial charge in [-0.05, 0) is 36.1 Å². The molecule has 1 N–H and O–H groups in total. The highest BCUT2D eigenvalue weighted by Gasteiger charge is 1.96. The molecule has 2 nitrogen and oxygen atoms in total. The van der Waals surface area contributed by atoms with E-state index in [0.717, 1.165) is 11.3 Å². The van der Waals surface area contributed by atoms with Crippen molar-refractivity contribution in [2.24, 2.45) is 5.10 Å². The van der Waals surface area contributed by atoms with Crippen LogP contribution in [0.4, 0.5) is 5.69 Å². The van der Waals surface area contributed by atoms with Crippen LogP contribution in [-0.2, 0) is 6.42 Å². The molecule has 0 heterocycles. The minimum atomic E-state index is 1.01. The molecule has 2 heteroatoms. The second-order valence-electron chi connectivity index (χ2n) is 7.06. The molecule has 0 saturated heterocycles. The van der Waals surface area contributed by atoms with Crippen LogP contribution in [0.25, 0.3) is 0 Å². The highest BCUT2D eigenvalue weighted by Crippen LogP contribution is 2.12. The normalized spacial score (nSPS) is 11.1. The molecule has 0 amide bonds. The minimum absolute atomic E-state index is 1.01. The largest absolute Gasteiger partial charge is 0.279 e. The molecule has 0 atom stereocenters. The molecule has 0 aromatic heterocycles. The topological polar surface area (TPSA) is 24.4 Å². The van der Waals surface area contributed by atoms with E-state index in [1.807, 2.05) is 36.5 Å². The van der Waals surface area contributed by atoms with Crippen molar-refractivity contribution in [2.45, 2.75) is 71.1 Å². The Balaban J connectivity index is 1.57. The zero-order chi connectivity index (χ0) is 18.3. The van der Waals surface area contributed by atoms with Crippen molar-refractivity contribution in [2.75, 3.05) is 5.43 Å². The molecule has 0 saturated carbocycles. The SMILES string of the molecule is CCCCCCCCCCCc1ccc(/C=N\Nc2ccccc2)cc1. The van der Waals surface area contributed by atoms with E-state index in [4.69, 9.17) is 0 Å². The zero-order valence-corrected chi connectivity index (χ0v) is 16.3. The maximum absolute atomic E-state index is 4.29. The maximum atomic E-state index is 4.29. The Bertz CT molecular complexity index is 602. The molecule has 2 rings (SSSR count). The number of unbranched alkanes of at least 4 members (excludes halogenated alkanes) is 8. The van der Waals surface area contributed by atoms with Crippen LogP contribution in [0, 0.1) is 0 Å². The smallest absolute Gasteiger partial charge is 0.0561 e. The lowest BCUT2D eigenvalue weighted by molar-refractivity contribution is 0.565. The Hall–Kier alpha value is -2.09. The average Bonchev–Trinajstić information content (AvgIpc) is 2.69. The fourth-order valence-corrected chi connectivity index (χ4v) is 3.10. The van der Waals surface area contributed by atoms with Gasteiger partial charge in [-0.2, -0.15) is 5.10 Å². The average molecular weight is 351 g/mol. The van der Waals surface area contributed by atoms with Gasteiger partial charge in [-0.25, -0.2) is 0 Å². The van der Waals surface area contributed by atoms with Crippen molar-refractivity contribution in [3.63, 3.8) is 0 Å². The van der Waals surface area contributed by atoms with Gasteiger partial charge in [0.2, 0.25) is 0 Å². The maximum Gasteiger partial charge on any atom is 0.0561 e. The van der Waals surface area contributed by atoms with E-state index < -0.39 is 0 Å². The van der Waals surface area contributed by atoms with E-state index in [2.05, 4.69) is 41.7 Å². The van der Waals surface area contributed by atoms with Gasteiger partial charge in [0.15, 0.2) is 0 Å². The summed E-state index contributed by atoms with van der Waals surface area (Å²) in [7, 11) is 0. The number of nitrogens with zero attached hydrogens (tertiary/aromatic N) is 1. The lowest BCUT2D eigenvalue weighted by atomic mass is 10.0. The molecule has 0 unspecified atom stereocenters. The fourth-order valence-electron chi connectivity index (χ4n) is 3.10. The number of para-hydroxylation sites is 1. The lowest BCUT2D eigenvalue weighted by Gasteiger charge is -2.04. The van der Waals surface area contributed by atoms with Crippen LogP contribution >= 0.6 is 0 Å². The van der Waals surface area contributed by atoms with Crippen LogP contribution in [0.3, 0.4) is 0 Å². The van der Waals surface area contributed by atoms with Crippen LogP contribution in [0.15, 0.2) is 59.7 Å². The van der Waals surface area contributed by atoms with Crippen LogP contribution in [-0.4, -0.2) is 6.21 Å². The number of aryl methyl sites for hydroxylation is 1.